The number of hydrogen-bond donors (Lipinski definition) is 2. The van der Waals surface area contributed by atoms with Crippen LogP contribution in [0.15, 0.2) is 48.8 Å². The number of carbonyl (C=O) groups is 1. The molecule has 1 aliphatic carbocycles. The van der Waals surface area contributed by atoms with Gasteiger partial charge in [-0.05, 0) is 66.6 Å². The van der Waals surface area contributed by atoms with Crippen LogP contribution in [0.1, 0.15) is 46.8 Å². The third-order valence-corrected chi connectivity index (χ3v) is 5.93. The number of carbonyl (C=O) groups excluding carboxylic acids is 1. The maximum absolute atomic E-state index is 14.3. The molecule has 1 aromatic carbocycles. The third-order valence-electron chi connectivity index (χ3n) is 5.93. The van der Waals surface area contributed by atoms with Crippen molar-refractivity contribution in [3.63, 3.8) is 0 Å². The topological polar surface area (TPSA) is 89.1 Å². The van der Waals surface area contributed by atoms with Gasteiger partial charge in [-0.2, -0.15) is 0 Å². The molecule has 166 valence electrons. The number of aromatic nitrogens is 2. The summed E-state index contributed by atoms with van der Waals surface area (Å²) >= 11 is 0. The van der Waals surface area contributed by atoms with Crippen molar-refractivity contribution in [1.29, 1.82) is 0 Å². The third kappa shape index (κ3) is 4.42. The molecule has 0 spiro atoms. The lowest BCUT2D eigenvalue weighted by molar-refractivity contribution is 0.0977. The zero-order chi connectivity index (χ0) is 22.8. The highest BCUT2D eigenvalue weighted by molar-refractivity contribution is 5.96. The molecule has 32 heavy (non-hydrogen) atoms. The lowest BCUT2D eigenvalue weighted by atomic mass is 9.78. The highest BCUT2D eigenvalue weighted by atomic mass is 19.1. The van der Waals surface area contributed by atoms with Gasteiger partial charge in [-0.15, -0.1) is 0 Å². The van der Waals surface area contributed by atoms with Gasteiger partial charge in [-0.1, -0.05) is 6.07 Å². The Morgan fingerprint density at radius 2 is 1.81 bits per heavy atom. The fourth-order valence-corrected chi connectivity index (χ4v) is 4.22. The summed E-state index contributed by atoms with van der Waals surface area (Å²) in [5.41, 5.74) is 6.34. The molecule has 8 heteroatoms. The van der Waals surface area contributed by atoms with Crippen molar-refractivity contribution in [3.8, 4) is 11.3 Å². The first-order valence-electron chi connectivity index (χ1n) is 10.4. The summed E-state index contributed by atoms with van der Waals surface area (Å²) in [7, 11) is 0. The molecule has 0 unspecified atom stereocenters. The molecule has 2 heterocycles. The smallest absolute Gasteiger partial charge is 0.185 e. The van der Waals surface area contributed by atoms with Crippen molar-refractivity contribution in [1.82, 2.24) is 9.97 Å². The van der Waals surface area contributed by atoms with Crippen molar-refractivity contribution in [3.05, 3.63) is 83.1 Å². The zero-order valence-corrected chi connectivity index (χ0v) is 17.1. The van der Waals surface area contributed by atoms with E-state index >= 15 is 0 Å². The fraction of sp³-hybridized carbons (Fsp3) is 0.292. The molecular weight excluding hydrogens is 419 g/mol. The van der Waals surface area contributed by atoms with Gasteiger partial charge in [0, 0.05) is 24.9 Å². The van der Waals surface area contributed by atoms with Gasteiger partial charge in [0.2, 0.25) is 0 Å². The predicted octanol–water partition coefficient (Wildman–Crippen LogP) is 3.94. The van der Waals surface area contributed by atoms with Crippen molar-refractivity contribution in [2.24, 2.45) is 5.73 Å². The first kappa shape index (κ1) is 22.1. The Bertz CT molecular complexity index is 1130. The predicted molar refractivity (Wildman–Crippen MR) is 112 cm³/mol. The quantitative estimate of drug-likeness (QED) is 0.586. The molecule has 5 nitrogen and oxygen atoms in total. The Labute approximate surface area is 183 Å². The Hall–Kier alpha value is -3.10. The second-order valence-electron chi connectivity index (χ2n) is 8.04. The minimum Gasteiger partial charge on any atom is -0.392 e. The second kappa shape index (κ2) is 9.18. The van der Waals surface area contributed by atoms with Gasteiger partial charge in [0.05, 0.1) is 11.7 Å². The van der Waals surface area contributed by atoms with Crippen LogP contribution >= 0.6 is 0 Å². The minimum absolute atomic E-state index is 0.0602. The van der Waals surface area contributed by atoms with E-state index in [2.05, 4.69) is 9.97 Å². The molecule has 4 rings (SSSR count). The highest BCUT2D eigenvalue weighted by Gasteiger charge is 2.29. The Kier molecular flexibility index (Phi) is 6.34. The molecule has 1 saturated carbocycles. The molecule has 0 bridgehead atoms. The number of ketones is 1. The lowest BCUT2D eigenvalue weighted by Gasteiger charge is -2.32. The summed E-state index contributed by atoms with van der Waals surface area (Å²) in [6, 6.07) is 6.83. The van der Waals surface area contributed by atoms with Crippen LogP contribution in [0.3, 0.4) is 0 Å². The molecule has 3 aromatic rings. The van der Waals surface area contributed by atoms with E-state index < -0.39 is 40.6 Å². The van der Waals surface area contributed by atoms with E-state index in [1.807, 2.05) is 6.07 Å². The first-order valence-corrected chi connectivity index (χ1v) is 10.4. The number of rotatable bonds is 5. The summed E-state index contributed by atoms with van der Waals surface area (Å²) in [5.74, 6) is -3.22. The molecular formula is C24H22F3N3O2. The highest BCUT2D eigenvalue weighted by Crippen LogP contribution is 2.34. The van der Waals surface area contributed by atoms with Gasteiger partial charge in [0.25, 0.3) is 0 Å². The Morgan fingerprint density at radius 3 is 2.53 bits per heavy atom. The summed E-state index contributed by atoms with van der Waals surface area (Å²) in [4.78, 5) is 21.0. The SMILES string of the molecule is N[C@@H]1C[C@H](c2ccncc2CC(=O)c2ccc(F)c(-c3c(F)cccc3F)n2)CC[C@@H]1O. The van der Waals surface area contributed by atoms with Crippen molar-refractivity contribution in [2.75, 3.05) is 0 Å². The van der Waals surface area contributed by atoms with Crippen molar-refractivity contribution in [2.45, 2.75) is 43.7 Å². The van der Waals surface area contributed by atoms with Gasteiger partial charge < -0.3 is 10.8 Å². The average Bonchev–Trinajstić information content (AvgIpc) is 2.77. The number of nitrogens with zero attached hydrogens (tertiary/aromatic N) is 2. The molecule has 1 aliphatic rings. The fourth-order valence-electron chi connectivity index (χ4n) is 4.22. The van der Waals surface area contributed by atoms with Crippen LogP contribution in [0.25, 0.3) is 11.3 Å². The monoisotopic (exact) mass is 441 g/mol. The van der Waals surface area contributed by atoms with Crippen LogP contribution in [0, 0.1) is 17.5 Å². The van der Waals surface area contributed by atoms with Crippen LogP contribution in [-0.4, -0.2) is 33.0 Å². The number of aliphatic hydroxyl groups is 1. The van der Waals surface area contributed by atoms with Crippen LogP contribution < -0.4 is 5.73 Å². The standard InChI is InChI=1S/C24H22F3N3O2/c25-16-2-1-3-17(26)23(16)24-18(27)5-6-20(30-24)22(32)11-14-12-29-9-8-15(14)13-4-7-21(31)19(28)10-13/h1-3,5-6,8-9,12-13,19,21,31H,4,7,10-11,28H2/t13-,19-,21+/m1/s1. The number of Topliss-reactive ketones (excluding diaryl/α,β-unsaturated/α-hetero) is 1. The van der Waals surface area contributed by atoms with E-state index in [9.17, 15) is 23.1 Å². The van der Waals surface area contributed by atoms with Gasteiger partial charge in [-0.3, -0.25) is 9.78 Å². The minimum atomic E-state index is -0.966. The average molecular weight is 441 g/mol. The van der Waals surface area contributed by atoms with Gasteiger partial charge in [-0.25, -0.2) is 18.2 Å². The Balaban J connectivity index is 1.62. The first-order chi connectivity index (χ1) is 15.3. The summed E-state index contributed by atoms with van der Waals surface area (Å²) in [6.45, 7) is 0. The summed E-state index contributed by atoms with van der Waals surface area (Å²) in [6.07, 6.45) is 4.50. The van der Waals surface area contributed by atoms with Crippen LogP contribution in [0.4, 0.5) is 13.2 Å². The van der Waals surface area contributed by atoms with E-state index in [4.69, 9.17) is 5.73 Å². The van der Waals surface area contributed by atoms with E-state index in [-0.39, 0.29) is 24.1 Å². The van der Waals surface area contributed by atoms with Gasteiger partial charge >= 0.3 is 0 Å². The Morgan fingerprint density at radius 1 is 1.06 bits per heavy atom. The summed E-state index contributed by atoms with van der Waals surface area (Å²) in [5, 5.41) is 9.90. The number of halogens is 3. The largest absolute Gasteiger partial charge is 0.392 e. The molecule has 0 radical (unpaired) electrons. The van der Waals surface area contributed by atoms with Crippen LogP contribution in [0.2, 0.25) is 0 Å². The maximum Gasteiger partial charge on any atom is 0.185 e. The van der Waals surface area contributed by atoms with Gasteiger partial charge in [0.1, 0.15) is 28.8 Å². The van der Waals surface area contributed by atoms with Crippen molar-refractivity contribution < 1.29 is 23.1 Å². The van der Waals surface area contributed by atoms with Crippen LogP contribution in [0.5, 0.6) is 0 Å². The normalized spacial score (nSPS) is 20.8. The van der Waals surface area contributed by atoms with E-state index in [1.165, 1.54) is 12.1 Å². The number of benzene rings is 1. The van der Waals surface area contributed by atoms with Crippen LogP contribution in [-0.2, 0) is 6.42 Å². The number of aliphatic hydroxyl groups excluding tert-OH is 1. The molecule has 0 saturated heterocycles. The molecule has 1 fully saturated rings. The number of nitrogens with two attached hydrogens (primary N) is 1. The van der Waals surface area contributed by atoms with Gasteiger partial charge in [0.15, 0.2) is 5.78 Å². The molecule has 2 aromatic heterocycles. The maximum atomic E-state index is 14.3. The number of pyridine rings is 2. The zero-order valence-electron chi connectivity index (χ0n) is 17.1. The summed E-state index contributed by atoms with van der Waals surface area (Å²) < 4.78 is 42.6. The van der Waals surface area contributed by atoms with E-state index in [1.54, 1.807) is 12.4 Å². The molecule has 3 atom stereocenters. The van der Waals surface area contributed by atoms with E-state index in [0.29, 0.717) is 18.4 Å². The number of hydrogen-bond acceptors (Lipinski definition) is 5. The lowest BCUT2D eigenvalue weighted by Crippen LogP contribution is -2.39. The van der Waals surface area contributed by atoms with E-state index in [0.717, 1.165) is 30.2 Å². The van der Waals surface area contributed by atoms with Crippen molar-refractivity contribution >= 4 is 5.78 Å². The molecule has 0 aliphatic heterocycles. The molecule has 3 N–H and O–H groups in total. The molecule has 0 amide bonds. The second-order valence-corrected chi connectivity index (χ2v) is 8.04.